The number of nitrogens with two attached hydrogens (primary N) is 1. The smallest absolute Gasteiger partial charge is 0.237 e. The van der Waals surface area contributed by atoms with Crippen molar-refractivity contribution in [3.8, 4) is 0 Å². The molecule has 1 aromatic carbocycles. The van der Waals surface area contributed by atoms with Crippen molar-refractivity contribution in [2.75, 3.05) is 13.1 Å². The summed E-state index contributed by atoms with van der Waals surface area (Å²) >= 11 is 0. The zero-order valence-corrected chi connectivity index (χ0v) is 13.0. The number of hydrogen-bond acceptors (Lipinski definition) is 3. The van der Waals surface area contributed by atoms with Crippen molar-refractivity contribution in [1.82, 2.24) is 9.80 Å². The van der Waals surface area contributed by atoms with Gasteiger partial charge in [0.15, 0.2) is 0 Å². The van der Waals surface area contributed by atoms with Crippen LogP contribution in [0.1, 0.15) is 30.9 Å². The number of carbonyl (C=O) groups is 2. The number of piperidine rings is 1. The first-order chi connectivity index (χ1) is 10.5. The molecular weight excluding hydrogens is 278 g/mol. The molecule has 22 heavy (non-hydrogen) atoms. The molecule has 0 spiro atoms. The Labute approximate surface area is 131 Å². The third kappa shape index (κ3) is 2.99. The maximum atomic E-state index is 12.6. The first-order valence-corrected chi connectivity index (χ1v) is 7.92. The van der Waals surface area contributed by atoms with Crippen LogP contribution in [0.4, 0.5) is 0 Å². The van der Waals surface area contributed by atoms with Crippen LogP contribution >= 0.6 is 0 Å². The van der Waals surface area contributed by atoms with Crippen LogP contribution in [0.5, 0.6) is 0 Å². The first-order valence-electron chi connectivity index (χ1n) is 7.92. The summed E-state index contributed by atoms with van der Waals surface area (Å²) < 4.78 is 0. The number of likely N-dealkylation sites (tertiary alicyclic amines) is 1. The van der Waals surface area contributed by atoms with E-state index in [2.05, 4.69) is 17.0 Å². The number of benzene rings is 1. The van der Waals surface area contributed by atoms with Crippen molar-refractivity contribution < 1.29 is 9.59 Å². The lowest BCUT2D eigenvalue weighted by Gasteiger charge is -2.37. The van der Waals surface area contributed by atoms with E-state index in [4.69, 9.17) is 5.73 Å². The Bertz CT molecular complexity index is 562. The van der Waals surface area contributed by atoms with Gasteiger partial charge in [0.1, 0.15) is 0 Å². The predicted molar refractivity (Wildman–Crippen MR) is 83.6 cm³/mol. The van der Waals surface area contributed by atoms with Gasteiger partial charge in [0.25, 0.3) is 0 Å². The van der Waals surface area contributed by atoms with Crippen LogP contribution in [0.3, 0.4) is 0 Å². The minimum atomic E-state index is -0.293. The van der Waals surface area contributed by atoms with E-state index in [0.717, 1.165) is 25.9 Å². The van der Waals surface area contributed by atoms with Crippen molar-refractivity contribution in [1.29, 1.82) is 0 Å². The number of amides is 2. The summed E-state index contributed by atoms with van der Waals surface area (Å²) in [6.07, 6.45) is 1.63. The minimum Gasteiger partial charge on any atom is -0.369 e. The normalized spacial score (nSPS) is 25.0. The molecular formula is C17H23N3O2. The maximum Gasteiger partial charge on any atom is 0.237 e. The van der Waals surface area contributed by atoms with Gasteiger partial charge in [0.2, 0.25) is 11.8 Å². The lowest BCUT2D eigenvalue weighted by Crippen LogP contribution is -2.51. The van der Waals surface area contributed by atoms with Gasteiger partial charge in [-0.2, -0.15) is 0 Å². The quantitative estimate of drug-likeness (QED) is 0.909. The summed E-state index contributed by atoms with van der Waals surface area (Å²) in [4.78, 5) is 28.0. The average Bonchev–Trinajstić information content (AvgIpc) is 2.89. The van der Waals surface area contributed by atoms with E-state index in [1.165, 1.54) is 11.1 Å². The van der Waals surface area contributed by atoms with Crippen LogP contribution in [-0.4, -0.2) is 40.7 Å². The van der Waals surface area contributed by atoms with E-state index in [0.29, 0.717) is 13.1 Å². The molecule has 2 heterocycles. The highest BCUT2D eigenvalue weighted by molar-refractivity contribution is 5.81. The van der Waals surface area contributed by atoms with E-state index in [9.17, 15) is 9.59 Å². The van der Waals surface area contributed by atoms with Crippen molar-refractivity contribution in [3.63, 3.8) is 0 Å². The zero-order chi connectivity index (χ0) is 15.7. The minimum absolute atomic E-state index is 0.103. The lowest BCUT2D eigenvalue weighted by atomic mass is 9.93. The summed E-state index contributed by atoms with van der Waals surface area (Å²) in [5.41, 5.74) is 8.01. The summed E-state index contributed by atoms with van der Waals surface area (Å²) in [6, 6.07) is 8.50. The molecule has 2 unspecified atom stereocenters. The monoisotopic (exact) mass is 301 g/mol. The van der Waals surface area contributed by atoms with Crippen LogP contribution in [0.15, 0.2) is 24.3 Å². The fourth-order valence-corrected chi connectivity index (χ4v) is 3.48. The highest BCUT2D eigenvalue weighted by atomic mass is 16.2. The molecule has 2 amide bonds. The average molecular weight is 301 g/mol. The van der Waals surface area contributed by atoms with Gasteiger partial charge < -0.3 is 10.6 Å². The molecule has 0 saturated carbocycles. The summed E-state index contributed by atoms with van der Waals surface area (Å²) in [6.45, 7) is 4.57. The van der Waals surface area contributed by atoms with E-state index in [1.807, 2.05) is 24.0 Å². The molecule has 2 atom stereocenters. The number of carbonyl (C=O) groups excluding carboxylic acids is 2. The Morgan fingerprint density at radius 2 is 1.82 bits per heavy atom. The Hall–Kier alpha value is -1.88. The van der Waals surface area contributed by atoms with Gasteiger partial charge in [0.05, 0.1) is 12.5 Å². The highest BCUT2D eigenvalue weighted by Gasteiger charge is 2.32. The second-order valence-electron chi connectivity index (χ2n) is 6.49. The predicted octanol–water partition coefficient (Wildman–Crippen LogP) is 1.11. The Kier molecular flexibility index (Phi) is 4.16. The molecule has 1 aromatic rings. The van der Waals surface area contributed by atoms with Crippen LogP contribution in [0.25, 0.3) is 0 Å². The SMILES string of the molecule is CC1CCC(C(N)=O)CN1C(=O)CN1Cc2ccccc2C1. The number of nitrogens with zero attached hydrogens (tertiary/aromatic N) is 2. The lowest BCUT2D eigenvalue weighted by molar-refractivity contribution is -0.138. The second kappa shape index (κ2) is 6.08. The molecule has 0 radical (unpaired) electrons. The molecule has 118 valence electrons. The molecule has 2 aliphatic rings. The molecule has 5 heteroatoms. The molecule has 1 saturated heterocycles. The largest absolute Gasteiger partial charge is 0.369 e. The van der Waals surface area contributed by atoms with Crippen LogP contribution in [0, 0.1) is 5.92 Å². The Morgan fingerprint density at radius 1 is 1.18 bits per heavy atom. The third-order valence-corrected chi connectivity index (χ3v) is 4.87. The Morgan fingerprint density at radius 3 is 2.41 bits per heavy atom. The summed E-state index contributed by atoms with van der Waals surface area (Å²) in [5.74, 6) is -0.388. The van der Waals surface area contributed by atoms with Gasteiger partial charge in [-0.25, -0.2) is 0 Å². The van der Waals surface area contributed by atoms with Gasteiger partial charge in [0, 0.05) is 25.7 Å². The number of fused-ring (bicyclic) bond motifs is 1. The van der Waals surface area contributed by atoms with Gasteiger partial charge in [-0.1, -0.05) is 24.3 Å². The van der Waals surface area contributed by atoms with E-state index in [1.54, 1.807) is 0 Å². The standard InChI is InChI=1S/C17H23N3O2/c1-12-6-7-15(17(18)22)10-20(12)16(21)11-19-8-13-4-2-3-5-14(13)9-19/h2-5,12,15H,6-11H2,1H3,(H2,18,22). The molecule has 2 aliphatic heterocycles. The fourth-order valence-electron chi connectivity index (χ4n) is 3.48. The fraction of sp³-hybridized carbons (Fsp3) is 0.529. The van der Waals surface area contributed by atoms with E-state index in [-0.39, 0.29) is 23.8 Å². The first kappa shape index (κ1) is 15.0. The van der Waals surface area contributed by atoms with Gasteiger partial charge in [-0.15, -0.1) is 0 Å². The molecule has 0 bridgehead atoms. The zero-order valence-electron chi connectivity index (χ0n) is 13.0. The van der Waals surface area contributed by atoms with E-state index >= 15 is 0 Å². The molecule has 5 nitrogen and oxygen atoms in total. The molecule has 0 aliphatic carbocycles. The van der Waals surface area contributed by atoms with Crippen LogP contribution in [0.2, 0.25) is 0 Å². The molecule has 1 fully saturated rings. The molecule has 3 rings (SSSR count). The number of hydrogen-bond donors (Lipinski definition) is 1. The van der Waals surface area contributed by atoms with Crippen molar-refractivity contribution in [2.45, 2.75) is 38.9 Å². The summed E-state index contributed by atoms with van der Waals surface area (Å²) in [7, 11) is 0. The Balaban J connectivity index is 1.61. The van der Waals surface area contributed by atoms with Gasteiger partial charge in [-0.05, 0) is 30.9 Å². The van der Waals surface area contributed by atoms with E-state index < -0.39 is 0 Å². The van der Waals surface area contributed by atoms with Gasteiger partial charge in [-0.3, -0.25) is 14.5 Å². The number of rotatable bonds is 3. The topological polar surface area (TPSA) is 66.6 Å². The second-order valence-corrected chi connectivity index (χ2v) is 6.49. The third-order valence-electron chi connectivity index (χ3n) is 4.87. The molecule has 2 N–H and O–H groups in total. The maximum absolute atomic E-state index is 12.6. The van der Waals surface area contributed by atoms with Crippen molar-refractivity contribution in [2.24, 2.45) is 11.7 Å². The summed E-state index contributed by atoms with van der Waals surface area (Å²) in [5, 5.41) is 0. The number of primary amides is 1. The van der Waals surface area contributed by atoms with Crippen LogP contribution < -0.4 is 5.73 Å². The molecule has 0 aromatic heterocycles. The van der Waals surface area contributed by atoms with Gasteiger partial charge >= 0.3 is 0 Å². The van der Waals surface area contributed by atoms with Crippen LogP contribution in [-0.2, 0) is 22.7 Å². The van der Waals surface area contributed by atoms with Crippen molar-refractivity contribution >= 4 is 11.8 Å². The van der Waals surface area contributed by atoms with Crippen molar-refractivity contribution in [3.05, 3.63) is 35.4 Å². The highest BCUT2D eigenvalue weighted by Crippen LogP contribution is 2.24.